The van der Waals surface area contributed by atoms with Crippen molar-refractivity contribution >= 4 is 15.9 Å². The maximum Gasteiger partial charge on any atom is 0.133 e. The van der Waals surface area contributed by atoms with Crippen LogP contribution in [-0.4, -0.2) is 19.2 Å². The minimum atomic E-state index is 0.207. The SMILES string of the molecule is CCNCC(Oc1ccccc1Br)C(C)C. The van der Waals surface area contributed by atoms with Gasteiger partial charge in [0, 0.05) is 6.54 Å². The van der Waals surface area contributed by atoms with E-state index >= 15 is 0 Å². The third-order valence-electron chi connectivity index (χ3n) is 2.45. The number of hydrogen-bond acceptors (Lipinski definition) is 2. The average Bonchev–Trinajstić information content (AvgIpc) is 2.26. The minimum Gasteiger partial charge on any atom is -0.488 e. The minimum absolute atomic E-state index is 0.207. The predicted molar refractivity (Wildman–Crippen MR) is 71.9 cm³/mol. The molecule has 0 bridgehead atoms. The standard InChI is InChI=1S/C13H20BrNO/c1-4-15-9-13(10(2)3)16-12-8-6-5-7-11(12)14/h5-8,10,13,15H,4,9H2,1-3H3. The largest absolute Gasteiger partial charge is 0.488 e. The van der Waals surface area contributed by atoms with Gasteiger partial charge in [-0.25, -0.2) is 0 Å². The van der Waals surface area contributed by atoms with E-state index < -0.39 is 0 Å². The molecule has 0 aliphatic heterocycles. The first-order valence-electron chi connectivity index (χ1n) is 5.77. The lowest BCUT2D eigenvalue weighted by molar-refractivity contribution is 0.148. The van der Waals surface area contributed by atoms with Gasteiger partial charge in [-0.15, -0.1) is 0 Å². The van der Waals surface area contributed by atoms with Gasteiger partial charge in [0.25, 0.3) is 0 Å². The van der Waals surface area contributed by atoms with Crippen LogP contribution in [0.5, 0.6) is 5.75 Å². The van der Waals surface area contributed by atoms with Gasteiger partial charge in [0.15, 0.2) is 0 Å². The second kappa shape index (κ2) is 6.92. The van der Waals surface area contributed by atoms with E-state index in [0.29, 0.717) is 5.92 Å². The number of halogens is 1. The lowest BCUT2D eigenvalue weighted by atomic mass is 10.1. The van der Waals surface area contributed by atoms with Crippen molar-refractivity contribution in [3.63, 3.8) is 0 Å². The van der Waals surface area contributed by atoms with Gasteiger partial charge < -0.3 is 10.1 Å². The molecule has 1 atom stereocenters. The molecule has 1 unspecified atom stereocenters. The fourth-order valence-electron chi connectivity index (χ4n) is 1.40. The van der Waals surface area contributed by atoms with Gasteiger partial charge in [-0.05, 0) is 40.5 Å². The van der Waals surface area contributed by atoms with Crippen molar-refractivity contribution in [2.24, 2.45) is 5.92 Å². The van der Waals surface area contributed by atoms with Gasteiger partial charge in [-0.2, -0.15) is 0 Å². The second-order valence-corrected chi connectivity index (χ2v) is 4.99. The molecule has 1 aromatic rings. The maximum atomic E-state index is 6.00. The molecule has 1 N–H and O–H groups in total. The Labute approximate surface area is 107 Å². The molecule has 0 aromatic heterocycles. The van der Waals surface area contributed by atoms with Crippen LogP contribution < -0.4 is 10.1 Å². The van der Waals surface area contributed by atoms with Gasteiger partial charge in [0.1, 0.15) is 11.9 Å². The van der Waals surface area contributed by atoms with Crippen LogP contribution in [0, 0.1) is 5.92 Å². The number of para-hydroxylation sites is 1. The highest BCUT2D eigenvalue weighted by atomic mass is 79.9. The Hall–Kier alpha value is -0.540. The van der Waals surface area contributed by atoms with Crippen molar-refractivity contribution in [3.05, 3.63) is 28.7 Å². The van der Waals surface area contributed by atoms with Crippen molar-refractivity contribution < 1.29 is 4.74 Å². The fraction of sp³-hybridized carbons (Fsp3) is 0.538. The molecule has 0 spiro atoms. The van der Waals surface area contributed by atoms with Crippen molar-refractivity contribution in [2.45, 2.75) is 26.9 Å². The number of nitrogens with one attached hydrogen (secondary N) is 1. The number of benzene rings is 1. The summed E-state index contributed by atoms with van der Waals surface area (Å²) in [5.74, 6) is 1.41. The van der Waals surface area contributed by atoms with E-state index in [2.05, 4.69) is 42.0 Å². The Balaban J connectivity index is 2.64. The van der Waals surface area contributed by atoms with Crippen LogP contribution in [0.3, 0.4) is 0 Å². The van der Waals surface area contributed by atoms with Crippen LogP contribution in [0.2, 0.25) is 0 Å². The molecule has 0 heterocycles. The van der Waals surface area contributed by atoms with E-state index in [1.807, 2.05) is 24.3 Å². The van der Waals surface area contributed by atoms with Crippen LogP contribution in [0.25, 0.3) is 0 Å². The van der Waals surface area contributed by atoms with Gasteiger partial charge in [0.05, 0.1) is 4.47 Å². The summed E-state index contributed by atoms with van der Waals surface area (Å²) in [5, 5.41) is 3.33. The first-order valence-corrected chi connectivity index (χ1v) is 6.56. The Morgan fingerprint density at radius 2 is 2.00 bits per heavy atom. The summed E-state index contributed by atoms with van der Waals surface area (Å²) in [4.78, 5) is 0. The monoisotopic (exact) mass is 285 g/mol. The molecule has 0 aliphatic rings. The molecule has 1 aromatic carbocycles. The average molecular weight is 286 g/mol. The third kappa shape index (κ3) is 4.14. The van der Waals surface area contributed by atoms with Gasteiger partial charge in [0.2, 0.25) is 0 Å². The molecule has 2 nitrogen and oxygen atoms in total. The van der Waals surface area contributed by atoms with Crippen molar-refractivity contribution in [2.75, 3.05) is 13.1 Å². The van der Waals surface area contributed by atoms with Crippen molar-refractivity contribution in [1.29, 1.82) is 0 Å². The van der Waals surface area contributed by atoms with E-state index in [9.17, 15) is 0 Å². The maximum absolute atomic E-state index is 6.00. The molecule has 0 saturated heterocycles. The molecule has 1 rings (SSSR count). The molecular formula is C13H20BrNO. The zero-order valence-electron chi connectivity index (χ0n) is 10.2. The summed E-state index contributed by atoms with van der Waals surface area (Å²) in [6.45, 7) is 8.32. The van der Waals surface area contributed by atoms with Gasteiger partial charge >= 0.3 is 0 Å². The van der Waals surface area contributed by atoms with E-state index in [1.54, 1.807) is 0 Å². The van der Waals surface area contributed by atoms with E-state index in [-0.39, 0.29) is 6.10 Å². The van der Waals surface area contributed by atoms with Crippen molar-refractivity contribution in [1.82, 2.24) is 5.32 Å². The molecule has 0 amide bonds. The van der Waals surface area contributed by atoms with E-state index in [4.69, 9.17) is 4.74 Å². The summed E-state index contributed by atoms with van der Waals surface area (Å²) in [7, 11) is 0. The summed E-state index contributed by atoms with van der Waals surface area (Å²) in [6, 6.07) is 7.97. The fourth-order valence-corrected chi connectivity index (χ4v) is 1.78. The molecule has 3 heteroatoms. The number of hydrogen-bond donors (Lipinski definition) is 1. The first-order chi connectivity index (χ1) is 7.65. The summed E-state index contributed by atoms with van der Waals surface area (Å²) in [5.41, 5.74) is 0. The Morgan fingerprint density at radius 3 is 2.56 bits per heavy atom. The summed E-state index contributed by atoms with van der Waals surface area (Å²) in [6.07, 6.45) is 0.207. The smallest absolute Gasteiger partial charge is 0.133 e. The molecule has 0 radical (unpaired) electrons. The lowest BCUT2D eigenvalue weighted by Gasteiger charge is -2.23. The quantitative estimate of drug-likeness (QED) is 0.864. The lowest BCUT2D eigenvalue weighted by Crippen LogP contribution is -2.35. The zero-order chi connectivity index (χ0) is 12.0. The molecule has 90 valence electrons. The number of likely N-dealkylation sites (N-methyl/N-ethyl adjacent to an activating group) is 1. The molecular weight excluding hydrogens is 266 g/mol. The van der Waals surface area contributed by atoms with Gasteiger partial charge in [-0.3, -0.25) is 0 Å². The Morgan fingerprint density at radius 1 is 1.31 bits per heavy atom. The van der Waals surface area contributed by atoms with Crippen molar-refractivity contribution in [3.8, 4) is 5.75 Å². The van der Waals surface area contributed by atoms with Crippen LogP contribution in [0.4, 0.5) is 0 Å². The molecule has 0 aliphatic carbocycles. The third-order valence-corrected chi connectivity index (χ3v) is 3.11. The molecule has 0 saturated carbocycles. The normalized spacial score (nSPS) is 12.8. The number of ether oxygens (including phenoxy) is 1. The summed E-state index contributed by atoms with van der Waals surface area (Å²) >= 11 is 3.50. The zero-order valence-corrected chi connectivity index (χ0v) is 11.8. The topological polar surface area (TPSA) is 21.3 Å². The van der Waals surface area contributed by atoms with Crippen LogP contribution in [0.1, 0.15) is 20.8 Å². The Bertz CT molecular complexity index is 315. The van der Waals surface area contributed by atoms with E-state index in [0.717, 1.165) is 23.3 Å². The van der Waals surface area contributed by atoms with Crippen LogP contribution >= 0.6 is 15.9 Å². The highest BCUT2D eigenvalue weighted by Gasteiger charge is 2.15. The van der Waals surface area contributed by atoms with E-state index in [1.165, 1.54) is 0 Å². The predicted octanol–water partition coefficient (Wildman–Crippen LogP) is 3.46. The summed E-state index contributed by atoms with van der Waals surface area (Å²) < 4.78 is 7.01. The molecule has 0 fully saturated rings. The first kappa shape index (κ1) is 13.5. The Kier molecular flexibility index (Phi) is 5.85. The van der Waals surface area contributed by atoms with Crippen LogP contribution in [-0.2, 0) is 0 Å². The van der Waals surface area contributed by atoms with Crippen LogP contribution in [0.15, 0.2) is 28.7 Å². The molecule has 16 heavy (non-hydrogen) atoms. The highest BCUT2D eigenvalue weighted by Crippen LogP contribution is 2.26. The number of rotatable bonds is 6. The highest BCUT2D eigenvalue weighted by molar-refractivity contribution is 9.10. The van der Waals surface area contributed by atoms with Gasteiger partial charge in [-0.1, -0.05) is 32.9 Å². The second-order valence-electron chi connectivity index (χ2n) is 4.14.